The van der Waals surface area contributed by atoms with Crippen molar-refractivity contribution in [3.8, 4) is 11.1 Å². The number of carbonyl (C=O) groups is 1. The molecule has 1 aliphatic heterocycles. The van der Waals surface area contributed by atoms with E-state index >= 15 is 0 Å². The molecule has 4 aromatic rings. The smallest absolute Gasteiger partial charge is 0.221 e. The van der Waals surface area contributed by atoms with Crippen molar-refractivity contribution in [3.05, 3.63) is 77.1 Å². The van der Waals surface area contributed by atoms with Gasteiger partial charge in [-0.2, -0.15) is 0 Å². The Morgan fingerprint density at radius 2 is 1.91 bits per heavy atom. The summed E-state index contributed by atoms with van der Waals surface area (Å²) in [5.74, 6) is 0.726. The van der Waals surface area contributed by atoms with Crippen molar-refractivity contribution < 1.29 is 9.53 Å². The number of fused-ring (bicyclic) bond motifs is 1. The molecular formula is C26H26N4O2S. The van der Waals surface area contributed by atoms with Crippen molar-refractivity contribution in [2.75, 3.05) is 31.6 Å². The molecule has 0 saturated carbocycles. The molecule has 0 spiro atoms. The molecule has 1 N–H and O–H groups in total. The maximum atomic E-state index is 11.4. The van der Waals surface area contributed by atoms with Gasteiger partial charge in [-0.1, -0.05) is 36.4 Å². The van der Waals surface area contributed by atoms with Crippen LogP contribution in [-0.4, -0.2) is 47.1 Å². The van der Waals surface area contributed by atoms with Gasteiger partial charge in [0.15, 0.2) is 0 Å². The third-order valence-corrected chi connectivity index (χ3v) is 6.66. The van der Waals surface area contributed by atoms with E-state index in [1.807, 2.05) is 30.5 Å². The Morgan fingerprint density at radius 1 is 1.12 bits per heavy atom. The van der Waals surface area contributed by atoms with E-state index in [2.05, 4.69) is 44.8 Å². The second-order valence-corrected chi connectivity index (χ2v) is 9.20. The van der Waals surface area contributed by atoms with Gasteiger partial charge in [-0.3, -0.25) is 9.69 Å². The van der Waals surface area contributed by atoms with E-state index < -0.39 is 0 Å². The van der Waals surface area contributed by atoms with Gasteiger partial charge in [0.1, 0.15) is 5.82 Å². The number of carbonyl (C=O) groups excluding carboxylic acids is 1. The minimum atomic E-state index is -0.0806. The molecule has 7 heteroatoms. The number of nitrogens with zero attached hydrogens (tertiary/aromatic N) is 3. The lowest BCUT2D eigenvalue weighted by Gasteiger charge is -2.26. The van der Waals surface area contributed by atoms with Crippen molar-refractivity contribution >= 4 is 33.1 Å². The van der Waals surface area contributed by atoms with Gasteiger partial charge in [0.25, 0.3) is 0 Å². The third-order valence-electron chi connectivity index (χ3n) is 5.75. The molecule has 33 heavy (non-hydrogen) atoms. The van der Waals surface area contributed by atoms with Gasteiger partial charge in [0, 0.05) is 55.8 Å². The van der Waals surface area contributed by atoms with Crippen LogP contribution in [-0.2, 0) is 22.5 Å². The van der Waals surface area contributed by atoms with Crippen LogP contribution < -0.4 is 5.32 Å². The molecular weight excluding hydrogens is 432 g/mol. The van der Waals surface area contributed by atoms with Crippen molar-refractivity contribution in [2.24, 2.45) is 0 Å². The summed E-state index contributed by atoms with van der Waals surface area (Å²) in [5.41, 5.74) is 6.34. The topological polar surface area (TPSA) is 67.4 Å². The van der Waals surface area contributed by atoms with Gasteiger partial charge >= 0.3 is 0 Å². The molecule has 3 heterocycles. The number of thiophene rings is 1. The zero-order chi connectivity index (χ0) is 22.6. The summed E-state index contributed by atoms with van der Waals surface area (Å²) in [6.07, 6.45) is 2.60. The van der Waals surface area contributed by atoms with E-state index in [-0.39, 0.29) is 5.91 Å². The van der Waals surface area contributed by atoms with Gasteiger partial charge < -0.3 is 10.1 Å². The first-order valence-corrected chi connectivity index (χ1v) is 12.0. The normalized spacial score (nSPS) is 14.5. The van der Waals surface area contributed by atoms with E-state index in [9.17, 15) is 4.79 Å². The number of nitrogens with one attached hydrogen (secondary N) is 1. The Labute approximate surface area is 197 Å². The summed E-state index contributed by atoms with van der Waals surface area (Å²) in [6, 6.07) is 16.6. The van der Waals surface area contributed by atoms with Crippen molar-refractivity contribution in [1.29, 1.82) is 0 Å². The molecule has 5 rings (SSSR count). The number of hydrogen-bond donors (Lipinski definition) is 1. The Bertz CT molecular complexity index is 1260. The van der Waals surface area contributed by atoms with Crippen LogP contribution in [0.1, 0.15) is 23.9 Å². The zero-order valence-electron chi connectivity index (χ0n) is 18.6. The average Bonchev–Trinajstić information content (AvgIpc) is 3.24. The molecule has 6 nitrogen and oxygen atoms in total. The van der Waals surface area contributed by atoms with Crippen molar-refractivity contribution in [3.63, 3.8) is 0 Å². The van der Waals surface area contributed by atoms with Gasteiger partial charge in [0.05, 0.1) is 23.4 Å². The largest absolute Gasteiger partial charge is 0.379 e. The molecule has 2 aromatic carbocycles. The molecule has 0 aliphatic carbocycles. The fourth-order valence-corrected chi connectivity index (χ4v) is 4.96. The number of rotatable bonds is 6. The minimum absolute atomic E-state index is 0.0806. The number of morpholine rings is 1. The predicted octanol–water partition coefficient (Wildman–Crippen LogP) is 4.74. The zero-order valence-corrected chi connectivity index (χ0v) is 19.4. The molecule has 1 aliphatic rings. The van der Waals surface area contributed by atoms with Crippen LogP contribution in [0, 0.1) is 0 Å². The summed E-state index contributed by atoms with van der Waals surface area (Å²) in [7, 11) is 0. The Kier molecular flexibility index (Phi) is 6.44. The van der Waals surface area contributed by atoms with Crippen LogP contribution in [0.25, 0.3) is 21.3 Å². The lowest BCUT2D eigenvalue weighted by Crippen LogP contribution is -2.35. The molecule has 0 atom stereocenters. The van der Waals surface area contributed by atoms with Crippen LogP contribution in [0.15, 0.2) is 60.1 Å². The predicted molar refractivity (Wildman–Crippen MR) is 132 cm³/mol. The van der Waals surface area contributed by atoms with Gasteiger partial charge in [-0.25, -0.2) is 9.97 Å². The maximum Gasteiger partial charge on any atom is 0.221 e. The Hall–Kier alpha value is -3.13. The van der Waals surface area contributed by atoms with Crippen molar-refractivity contribution in [1.82, 2.24) is 14.9 Å². The quantitative estimate of drug-likeness (QED) is 0.452. The lowest BCUT2D eigenvalue weighted by molar-refractivity contribution is -0.114. The SMILES string of the molecule is CC(=O)Nc1cccc(-c2csc3cnc(Cc4ccc(CN5CCOCC5)cc4)nc23)c1. The van der Waals surface area contributed by atoms with Gasteiger partial charge in [-0.05, 0) is 28.8 Å². The number of hydrogen-bond acceptors (Lipinski definition) is 6. The van der Waals surface area contributed by atoms with E-state index in [1.165, 1.54) is 18.1 Å². The summed E-state index contributed by atoms with van der Waals surface area (Å²) < 4.78 is 6.49. The highest BCUT2D eigenvalue weighted by Gasteiger charge is 2.13. The highest BCUT2D eigenvalue weighted by molar-refractivity contribution is 7.17. The summed E-state index contributed by atoms with van der Waals surface area (Å²) in [4.78, 5) is 23.4. The van der Waals surface area contributed by atoms with E-state index in [4.69, 9.17) is 9.72 Å². The number of benzene rings is 2. The molecule has 1 fully saturated rings. The fourth-order valence-electron chi connectivity index (χ4n) is 4.08. The summed E-state index contributed by atoms with van der Waals surface area (Å²) >= 11 is 1.64. The first-order valence-electron chi connectivity index (χ1n) is 11.1. The van der Waals surface area contributed by atoms with Crippen LogP contribution >= 0.6 is 11.3 Å². The summed E-state index contributed by atoms with van der Waals surface area (Å²) in [6.45, 7) is 6.10. The Morgan fingerprint density at radius 3 is 2.70 bits per heavy atom. The first kappa shape index (κ1) is 21.7. The summed E-state index contributed by atoms with van der Waals surface area (Å²) in [5, 5.41) is 4.96. The number of anilines is 1. The highest BCUT2D eigenvalue weighted by atomic mass is 32.1. The van der Waals surface area contributed by atoms with Crippen molar-refractivity contribution in [2.45, 2.75) is 19.9 Å². The second kappa shape index (κ2) is 9.79. The fraction of sp³-hybridized carbons (Fsp3) is 0.269. The molecule has 2 aromatic heterocycles. The molecule has 0 unspecified atom stereocenters. The number of aromatic nitrogens is 2. The number of ether oxygens (including phenoxy) is 1. The first-order chi connectivity index (χ1) is 16.1. The maximum absolute atomic E-state index is 11.4. The standard InChI is InChI=1S/C26H26N4O2S/c1-18(31)28-22-4-2-3-21(14-22)23-17-33-24-15-27-25(29-26(23)24)13-19-5-7-20(8-6-19)16-30-9-11-32-12-10-30/h2-8,14-15,17H,9-13,16H2,1H3,(H,28,31). The Balaban J connectivity index is 1.34. The molecule has 168 valence electrons. The van der Waals surface area contributed by atoms with Gasteiger partial charge in [-0.15, -0.1) is 11.3 Å². The van der Waals surface area contributed by atoms with E-state index in [1.54, 1.807) is 11.3 Å². The third kappa shape index (κ3) is 5.27. The van der Waals surface area contributed by atoms with Crippen LogP contribution in [0.2, 0.25) is 0 Å². The molecule has 1 amide bonds. The van der Waals surface area contributed by atoms with Gasteiger partial charge in [0.2, 0.25) is 5.91 Å². The average molecular weight is 459 g/mol. The van der Waals surface area contributed by atoms with Crippen LogP contribution in [0.5, 0.6) is 0 Å². The van der Waals surface area contributed by atoms with E-state index in [0.717, 1.165) is 65.7 Å². The molecule has 0 radical (unpaired) electrons. The van der Waals surface area contributed by atoms with E-state index in [0.29, 0.717) is 6.42 Å². The number of amides is 1. The molecule has 1 saturated heterocycles. The monoisotopic (exact) mass is 458 g/mol. The minimum Gasteiger partial charge on any atom is -0.379 e. The van der Waals surface area contributed by atoms with Crippen LogP contribution in [0.3, 0.4) is 0 Å². The second-order valence-electron chi connectivity index (χ2n) is 8.29. The lowest BCUT2D eigenvalue weighted by atomic mass is 10.1. The highest BCUT2D eigenvalue weighted by Crippen LogP contribution is 2.33. The molecule has 0 bridgehead atoms. The van der Waals surface area contributed by atoms with Crippen LogP contribution in [0.4, 0.5) is 5.69 Å².